The number of rotatable bonds is 6. The third-order valence-corrected chi connectivity index (χ3v) is 5.39. The number of halogens is 1. The van der Waals surface area contributed by atoms with Crippen molar-refractivity contribution < 1.29 is 23.1 Å². The first-order valence-corrected chi connectivity index (χ1v) is 9.86. The number of H-pyrrole nitrogens is 1. The Hall–Kier alpha value is -3.43. The number of aromatic amines is 1. The van der Waals surface area contributed by atoms with Gasteiger partial charge in [0.1, 0.15) is 5.75 Å². The van der Waals surface area contributed by atoms with E-state index in [0.717, 1.165) is 4.40 Å². The van der Waals surface area contributed by atoms with E-state index in [2.05, 4.69) is 10.1 Å². The predicted octanol–water partition coefficient (Wildman–Crippen LogP) is 0.959. The maximum Gasteiger partial charge on any atom is 0.475 e. The van der Waals surface area contributed by atoms with Gasteiger partial charge in [-0.2, -0.15) is 13.9 Å². The van der Waals surface area contributed by atoms with Crippen molar-refractivity contribution in [2.24, 2.45) is 13.0 Å². The van der Waals surface area contributed by atoms with Crippen LogP contribution in [0.15, 0.2) is 35.4 Å². The summed E-state index contributed by atoms with van der Waals surface area (Å²) < 4.78 is 28.1. The fraction of sp³-hybridized carbons (Fsp3) is 0.400. The van der Waals surface area contributed by atoms with Crippen molar-refractivity contribution in [3.63, 3.8) is 0 Å². The summed E-state index contributed by atoms with van der Waals surface area (Å²) in [4.78, 5) is 30.6. The van der Waals surface area contributed by atoms with E-state index in [1.165, 1.54) is 47.9 Å². The van der Waals surface area contributed by atoms with Crippen molar-refractivity contribution in [2.75, 3.05) is 18.1 Å². The molecule has 156 valence electrons. The van der Waals surface area contributed by atoms with Crippen molar-refractivity contribution in [2.45, 2.75) is 25.4 Å². The molecule has 0 radical (unpaired) electrons. The molecule has 5 rings (SSSR count). The number of carbonyl (C=O) groups excluding carboxylic acids is 1. The quantitative estimate of drug-likeness (QED) is 0.607. The molecule has 9 nitrogen and oxygen atoms in total. The van der Waals surface area contributed by atoms with E-state index in [9.17, 15) is 14.0 Å². The zero-order valence-electron chi connectivity index (χ0n) is 16.4. The molecule has 1 aliphatic carbocycles. The van der Waals surface area contributed by atoms with Crippen LogP contribution in [-0.4, -0.2) is 39.9 Å². The van der Waals surface area contributed by atoms with Crippen LogP contribution in [0.1, 0.15) is 19.3 Å². The van der Waals surface area contributed by atoms with Crippen LogP contribution in [0.4, 0.5) is 10.1 Å². The van der Waals surface area contributed by atoms with Crippen LogP contribution in [0, 0.1) is 11.7 Å². The fourth-order valence-electron chi connectivity index (χ4n) is 3.51. The first-order valence-electron chi connectivity index (χ1n) is 9.86. The number of anilines is 1. The topological polar surface area (TPSA) is 93.5 Å². The molecular weight excluding hydrogens is 393 g/mol. The summed E-state index contributed by atoms with van der Waals surface area (Å²) in [6.07, 6.45) is 5.12. The van der Waals surface area contributed by atoms with Gasteiger partial charge in [-0.25, -0.2) is 9.78 Å². The molecule has 0 unspecified atom stereocenters. The molecular formula is C20H21FN5O4+. The minimum atomic E-state index is -0.706. The number of ether oxygens (including phenoxy) is 2. The molecule has 0 spiro atoms. The Bertz CT molecular complexity index is 1170. The molecule has 30 heavy (non-hydrogen) atoms. The van der Waals surface area contributed by atoms with E-state index in [0.29, 0.717) is 42.8 Å². The SMILES string of the molecule is Cn1[nH]c2c(F)cc(N3CC[C@@H](Oc4ccc(OCC5CC5)nc4)C3=O)c[n+]2c1=O. The molecule has 1 N–H and O–H groups in total. The number of hydrogen-bond acceptors (Lipinski definition) is 5. The lowest BCUT2D eigenvalue weighted by Crippen LogP contribution is -2.42. The maximum absolute atomic E-state index is 14.4. The number of nitrogens with zero attached hydrogens (tertiary/aromatic N) is 4. The summed E-state index contributed by atoms with van der Waals surface area (Å²) in [6.45, 7) is 1.03. The summed E-state index contributed by atoms with van der Waals surface area (Å²) in [6, 6.07) is 4.67. The number of aromatic nitrogens is 4. The van der Waals surface area contributed by atoms with Gasteiger partial charge in [-0.3, -0.25) is 4.79 Å². The van der Waals surface area contributed by atoms with E-state index >= 15 is 0 Å². The molecule has 3 aromatic heterocycles. The fourth-order valence-corrected chi connectivity index (χ4v) is 3.51. The monoisotopic (exact) mass is 414 g/mol. The lowest BCUT2D eigenvalue weighted by atomic mass is 10.3. The van der Waals surface area contributed by atoms with E-state index < -0.39 is 17.6 Å². The molecule has 10 heteroatoms. The summed E-state index contributed by atoms with van der Waals surface area (Å²) in [7, 11) is 1.50. The maximum atomic E-state index is 14.4. The van der Waals surface area contributed by atoms with Gasteiger partial charge in [0.15, 0.2) is 6.10 Å². The second kappa shape index (κ2) is 7.12. The summed E-state index contributed by atoms with van der Waals surface area (Å²) >= 11 is 0. The van der Waals surface area contributed by atoms with Gasteiger partial charge in [-0.15, -0.1) is 4.68 Å². The van der Waals surface area contributed by atoms with Crippen LogP contribution in [0.25, 0.3) is 5.65 Å². The molecule has 2 aliphatic rings. The minimum absolute atomic E-state index is 0.0424. The highest BCUT2D eigenvalue weighted by molar-refractivity contribution is 5.98. The van der Waals surface area contributed by atoms with Crippen molar-refractivity contribution in [1.29, 1.82) is 0 Å². The summed E-state index contributed by atoms with van der Waals surface area (Å²) in [5.74, 6) is 0.717. The van der Waals surface area contributed by atoms with E-state index in [4.69, 9.17) is 9.47 Å². The Kier molecular flexibility index (Phi) is 4.41. The van der Waals surface area contributed by atoms with Crippen molar-refractivity contribution in [3.05, 3.63) is 46.9 Å². The van der Waals surface area contributed by atoms with Gasteiger partial charge in [-0.1, -0.05) is 0 Å². The molecule has 4 heterocycles. The lowest BCUT2D eigenvalue weighted by molar-refractivity contribution is -0.530. The lowest BCUT2D eigenvalue weighted by Gasteiger charge is -2.16. The van der Waals surface area contributed by atoms with Crippen molar-refractivity contribution >= 4 is 17.2 Å². The van der Waals surface area contributed by atoms with Crippen LogP contribution < -0.4 is 24.5 Å². The summed E-state index contributed by atoms with van der Waals surface area (Å²) in [5.41, 5.74) is -0.0826. The third kappa shape index (κ3) is 3.38. The molecule has 1 amide bonds. The van der Waals surface area contributed by atoms with Crippen LogP contribution >= 0.6 is 0 Å². The van der Waals surface area contributed by atoms with Crippen LogP contribution in [-0.2, 0) is 11.8 Å². The van der Waals surface area contributed by atoms with Crippen molar-refractivity contribution in [1.82, 2.24) is 14.8 Å². The Balaban J connectivity index is 1.30. The molecule has 0 bridgehead atoms. The second-order valence-electron chi connectivity index (χ2n) is 7.69. The van der Waals surface area contributed by atoms with E-state index in [1.807, 2.05) is 0 Å². The number of amides is 1. The van der Waals surface area contributed by atoms with Crippen LogP contribution in [0.2, 0.25) is 0 Å². The number of aryl methyl sites for hydroxylation is 1. The van der Waals surface area contributed by atoms with E-state index in [1.54, 1.807) is 12.1 Å². The number of carbonyl (C=O) groups is 1. The van der Waals surface area contributed by atoms with Gasteiger partial charge in [-0.05, 0) is 24.8 Å². The highest BCUT2D eigenvalue weighted by atomic mass is 19.1. The highest BCUT2D eigenvalue weighted by Crippen LogP contribution is 2.29. The number of fused-ring (bicyclic) bond motifs is 1. The molecule has 0 aromatic carbocycles. The zero-order valence-corrected chi connectivity index (χ0v) is 16.4. The molecule has 1 aliphatic heterocycles. The average molecular weight is 414 g/mol. The molecule has 1 saturated carbocycles. The van der Waals surface area contributed by atoms with Gasteiger partial charge in [0.05, 0.1) is 31.7 Å². The smallest absolute Gasteiger partial charge is 0.475 e. The second-order valence-corrected chi connectivity index (χ2v) is 7.69. The zero-order chi connectivity index (χ0) is 20.8. The minimum Gasteiger partial charge on any atom is -0.479 e. The van der Waals surface area contributed by atoms with Crippen molar-refractivity contribution in [3.8, 4) is 11.6 Å². The van der Waals surface area contributed by atoms with Gasteiger partial charge < -0.3 is 14.4 Å². The Morgan fingerprint density at radius 3 is 2.87 bits per heavy atom. The molecule has 1 atom stereocenters. The average Bonchev–Trinajstić information content (AvgIpc) is 3.44. The highest BCUT2D eigenvalue weighted by Gasteiger charge is 2.35. The van der Waals surface area contributed by atoms with Gasteiger partial charge in [0.25, 0.3) is 11.6 Å². The molecule has 3 aromatic rings. The molecule has 2 fully saturated rings. The number of hydrogen-bond donors (Lipinski definition) is 1. The van der Waals surface area contributed by atoms with Crippen LogP contribution in [0.3, 0.4) is 0 Å². The van der Waals surface area contributed by atoms with E-state index in [-0.39, 0.29) is 11.6 Å². The number of nitrogens with one attached hydrogen (secondary N) is 1. The van der Waals surface area contributed by atoms with Gasteiger partial charge in [0, 0.05) is 25.1 Å². The van der Waals surface area contributed by atoms with Gasteiger partial charge >= 0.3 is 5.69 Å². The summed E-state index contributed by atoms with van der Waals surface area (Å²) in [5, 5.41) is 2.64. The number of pyridine rings is 2. The Labute approximate surface area is 170 Å². The Morgan fingerprint density at radius 2 is 2.13 bits per heavy atom. The predicted molar refractivity (Wildman–Crippen MR) is 103 cm³/mol. The third-order valence-electron chi connectivity index (χ3n) is 5.39. The van der Waals surface area contributed by atoms with Gasteiger partial charge in [0.2, 0.25) is 11.7 Å². The normalized spacial score (nSPS) is 18.9. The Morgan fingerprint density at radius 1 is 1.30 bits per heavy atom. The first-order chi connectivity index (χ1) is 14.5. The molecule has 1 saturated heterocycles. The van der Waals surface area contributed by atoms with Crippen LogP contribution in [0.5, 0.6) is 11.6 Å². The standard InChI is InChI=1S/C20H20FN5O4/c1-24-20(28)26-10-13(8-15(21)18(26)23-24)25-7-6-16(19(25)27)30-14-4-5-17(22-9-14)29-11-12-2-3-12/h4-5,8-10,12,16H,2-3,6-7,11H2,1H3/p+1/t16-/m1/s1. The first kappa shape index (κ1) is 18.6. The largest absolute Gasteiger partial charge is 0.479 e.